The lowest BCUT2D eigenvalue weighted by molar-refractivity contribution is -0.122. The molecule has 4 heteroatoms. The van der Waals surface area contributed by atoms with Gasteiger partial charge in [-0.05, 0) is 25.3 Å². The predicted octanol–water partition coefficient (Wildman–Crippen LogP) is 2.03. The molecule has 0 aromatic carbocycles. The number of aryl methyl sites for hydroxylation is 1. The first kappa shape index (κ1) is 12.1. The zero-order chi connectivity index (χ0) is 12.1. The van der Waals surface area contributed by atoms with Crippen LogP contribution in [0.4, 0.5) is 0 Å². The molecule has 94 valence electrons. The molecule has 1 aromatic heterocycles. The first-order valence-corrected chi connectivity index (χ1v) is 6.52. The van der Waals surface area contributed by atoms with E-state index in [0.717, 1.165) is 18.4 Å². The summed E-state index contributed by atoms with van der Waals surface area (Å²) in [6.45, 7) is 2.32. The summed E-state index contributed by atoms with van der Waals surface area (Å²) in [6.07, 6.45) is 11.0. The van der Waals surface area contributed by atoms with Gasteiger partial charge in [-0.2, -0.15) is 5.10 Å². The lowest BCUT2D eigenvalue weighted by Gasteiger charge is -2.16. The van der Waals surface area contributed by atoms with Gasteiger partial charge < -0.3 is 5.32 Å². The second kappa shape index (κ2) is 5.84. The molecular formula is C13H21N3O. The molecule has 2 rings (SSSR count). The molecule has 1 aliphatic carbocycles. The summed E-state index contributed by atoms with van der Waals surface area (Å²) in [7, 11) is 0. The zero-order valence-corrected chi connectivity index (χ0v) is 10.5. The molecule has 17 heavy (non-hydrogen) atoms. The molecule has 0 aliphatic heterocycles. The Morgan fingerprint density at radius 2 is 2.12 bits per heavy atom. The van der Waals surface area contributed by atoms with Gasteiger partial charge in [-0.25, -0.2) is 0 Å². The fourth-order valence-electron chi connectivity index (χ4n) is 2.40. The van der Waals surface area contributed by atoms with Crippen LogP contribution in [0.3, 0.4) is 0 Å². The predicted molar refractivity (Wildman–Crippen MR) is 66.6 cm³/mol. The van der Waals surface area contributed by atoms with Crippen LogP contribution in [0.5, 0.6) is 0 Å². The average Bonchev–Trinajstić information content (AvgIpc) is 2.53. The van der Waals surface area contributed by atoms with Crippen molar-refractivity contribution in [3.05, 3.63) is 18.0 Å². The van der Waals surface area contributed by atoms with Crippen LogP contribution in [0.25, 0.3) is 0 Å². The van der Waals surface area contributed by atoms with E-state index in [-0.39, 0.29) is 5.91 Å². The molecule has 1 aliphatic rings. The van der Waals surface area contributed by atoms with E-state index in [9.17, 15) is 4.79 Å². The summed E-state index contributed by atoms with van der Waals surface area (Å²) in [4.78, 5) is 11.8. The highest BCUT2D eigenvalue weighted by Crippen LogP contribution is 2.17. The molecule has 1 saturated carbocycles. The van der Waals surface area contributed by atoms with E-state index in [1.165, 1.54) is 25.7 Å². The number of carbonyl (C=O) groups excluding carboxylic acids is 1. The molecule has 1 heterocycles. The lowest BCUT2D eigenvalue weighted by Crippen LogP contribution is -2.36. The molecule has 1 amide bonds. The Balaban J connectivity index is 1.80. The number of nitrogens with zero attached hydrogens (tertiary/aromatic N) is 2. The fourth-order valence-corrected chi connectivity index (χ4v) is 2.40. The van der Waals surface area contributed by atoms with Gasteiger partial charge in [0.2, 0.25) is 5.91 Å². The highest BCUT2D eigenvalue weighted by atomic mass is 16.2. The summed E-state index contributed by atoms with van der Waals surface area (Å²) in [6, 6.07) is 0.377. The Bertz CT molecular complexity index is 364. The first-order chi connectivity index (χ1) is 8.24. The van der Waals surface area contributed by atoms with Crippen molar-refractivity contribution < 1.29 is 4.79 Å². The standard InChI is InChI=1S/C13H21N3O/c1-11-8-14-16(9-11)10-13(17)15-12-6-4-2-3-5-7-12/h8-9,12H,2-7,10H2,1H3,(H,15,17). The van der Waals surface area contributed by atoms with Gasteiger partial charge in [-0.3, -0.25) is 9.48 Å². The van der Waals surface area contributed by atoms with Gasteiger partial charge >= 0.3 is 0 Å². The first-order valence-electron chi connectivity index (χ1n) is 6.52. The van der Waals surface area contributed by atoms with E-state index >= 15 is 0 Å². The summed E-state index contributed by atoms with van der Waals surface area (Å²) in [5.41, 5.74) is 1.09. The number of rotatable bonds is 3. The highest BCUT2D eigenvalue weighted by molar-refractivity contribution is 5.75. The van der Waals surface area contributed by atoms with Crippen LogP contribution in [-0.2, 0) is 11.3 Å². The average molecular weight is 235 g/mol. The van der Waals surface area contributed by atoms with E-state index in [0.29, 0.717) is 12.6 Å². The van der Waals surface area contributed by atoms with E-state index < -0.39 is 0 Å². The lowest BCUT2D eigenvalue weighted by atomic mass is 10.1. The number of carbonyl (C=O) groups is 1. The van der Waals surface area contributed by atoms with E-state index in [1.807, 2.05) is 13.1 Å². The minimum atomic E-state index is 0.0833. The number of nitrogens with one attached hydrogen (secondary N) is 1. The summed E-state index contributed by atoms with van der Waals surface area (Å²) < 4.78 is 1.70. The maximum Gasteiger partial charge on any atom is 0.241 e. The van der Waals surface area contributed by atoms with Gasteiger partial charge in [0, 0.05) is 12.2 Å². The molecule has 1 aromatic rings. The second-order valence-electron chi connectivity index (χ2n) is 4.97. The quantitative estimate of drug-likeness (QED) is 0.815. The van der Waals surface area contributed by atoms with Gasteiger partial charge in [-0.1, -0.05) is 25.7 Å². The summed E-state index contributed by atoms with van der Waals surface area (Å²) in [5, 5.41) is 7.24. The molecule has 4 nitrogen and oxygen atoms in total. The summed E-state index contributed by atoms with van der Waals surface area (Å²) in [5.74, 6) is 0.0833. The van der Waals surface area contributed by atoms with Crippen molar-refractivity contribution in [1.29, 1.82) is 0 Å². The molecule has 1 N–H and O–H groups in total. The van der Waals surface area contributed by atoms with Crippen molar-refractivity contribution in [2.75, 3.05) is 0 Å². The van der Waals surface area contributed by atoms with Crippen molar-refractivity contribution in [2.45, 2.75) is 58.0 Å². The van der Waals surface area contributed by atoms with Crippen LogP contribution in [0.2, 0.25) is 0 Å². The van der Waals surface area contributed by atoms with Crippen molar-refractivity contribution in [3.63, 3.8) is 0 Å². The Hall–Kier alpha value is -1.32. The van der Waals surface area contributed by atoms with Crippen molar-refractivity contribution in [1.82, 2.24) is 15.1 Å². The third-order valence-electron chi connectivity index (χ3n) is 3.29. The molecular weight excluding hydrogens is 214 g/mol. The number of amides is 1. The van der Waals surface area contributed by atoms with Gasteiger partial charge in [0.1, 0.15) is 6.54 Å². The molecule has 0 radical (unpaired) electrons. The number of aromatic nitrogens is 2. The van der Waals surface area contributed by atoms with E-state index in [4.69, 9.17) is 0 Å². The fraction of sp³-hybridized carbons (Fsp3) is 0.692. The van der Waals surface area contributed by atoms with Gasteiger partial charge in [-0.15, -0.1) is 0 Å². The highest BCUT2D eigenvalue weighted by Gasteiger charge is 2.14. The largest absolute Gasteiger partial charge is 0.352 e. The monoisotopic (exact) mass is 235 g/mol. The normalized spacial score (nSPS) is 17.7. The Labute approximate surface area is 102 Å². The van der Waals surface area contributed by atoms with Crippen LogP contribution in [0.1, 0.15) is 44.1 Å². The third-order valence-corrected chi connectivity index (χ3v) is 3.29. The van der Waals surface area contributed by atoms with Crippen LogP contribution in [0.15, 0.2) is 12.4 Å². The molecule has 0 saturated heterocycles. The Morgan fingerprint density at radius 1 is 1.41 bits per heavy atom. The maximum atomic E-state index is 11.8. The third kappa shape index (κ3) is 3.88. The second-order valence-corrected chi connectivity index (χ2v) is 4.97. The van der Waals surface area contributed by atoms with Gasteiger partial charge in [0.05, 0.1) is 6.20 Å². The van der Waals surface area contributed by atoms with E-state index in [2.05, 4.69) is 10.4 Å². The van der Waals surface area contributed by atoms with Crippen LogP contribution in [0, 0.1) is 6.92 Å². The van der Waals surface area contributed by atoms with Crippen LogP contribution >= 0.6 is 0 Å². The number of hydrogen-bond donors (Lipinski definition) is 1. The molecule has 0 spiro atoms. The van der Waals surface area contributed by atoms with Crippen molar-refractivity contribution in [3.8, 4) is 0 Å². The van der Waals surface area contributed by atoms with Crippen molar-refractivity contribution >= 4 is 5.91 Å². The van der Waals surface area contributed by atoms with Crippen LogP contribution in [-0.4, -0.2) is 21.7 Å². The van der Waals surface area contributed by atoms with Crippen LogP contribution < -0.4 is 5.32 Å². The SMILES string of the molecule is Cc1cnn(CC(=O)NC2CCCCCC2)c1. The smallest absolute Gasteiger partial charge is 0.241 e. The molecule has 0 bridgehead atoms. The minimum absolute atomic E-state index is 0.0833. The number of hydrogen-bond acceptors (Lipinski definition) is 2. The topological polar surface area (TPSA) is 46.9 Å². The Morgan fingerprint density at radius 3 is 2.71 bits per heavy atom. The Kier molecular flexibility index (Phi) is 4.18. The molecule has 0 atom stereocenters. The minimum Gasteiger partial charge on any atom is -0.352 e. The van der Waals surface area contributed by atoms with Gasteiger partial charge in [0.15, 0.2) is 0 Å². The zero-order valence-electron chi connectivity index (χ0n) is 10.5. The molecule has 0 unspecified atom stereocenters. The summed E-state index contributed by atoms with van der Waals surface area (Å²) >= 11 is 0. The van der Waals surface area contributed by atoms with Crippen molar-refractivity contribution in [2.24, 2.45) is 0 Å². The van der Waals surface area contributed by atoms with Gasteiger partial charge in [0.25, 0.3) is 0 Å². The van der Waals surface area contributed by atoms with E-state index in [1.54, 1.807) is 10.9 Å². The maximum absolute atomic E-state index is 11.8. The molecule has 1 fully saturated rings.